The molecule has 0 spiro atoms. The van der Waals surface area contributed by atoms with Crippen molar-refractivity contribution < 1.29 is 4.79 Å². The molecule has 0 aliphatic heterocycles. The van der Waals surface area contributed by atoms with Crippen LogP contribution in [0.15, 0.2) is 41.8 Å². The van der Waals surface area contributed by atoms with E-state index in [-0.39, 0.29) is 0 Å². The largest absolute Gasteiger partial charge is 0.335 e. The average Bonchev–Trinajstić information content (AvgIpc) is 3.19. The molecule has 2 aromatic rings. The number of benzene rings is 1. The molecule has 2 nitrogen and oxygen atoms in total. The summed E-state index contributed by atoms with van der Waals surface area (Å²) in [5.74, 6) is 0.299. The maximum Gasteiger partial charge on any atom is 0.223 e. The molecule has 21 heavy (non-hydrogen) atoms. The highest BCUT2D eigenvalue weighted by Crippen LogP contribution is 2.30. The molecule has 1 aromatic heterocycles. The molecule has 0 unspecified atom stereocenters. The van der Waals surface area contributed by atoms with E-state index >= 15 is 0 Å². The van der Waals surface area contributed by atoms with Crippen LogP contribution >= 0.6 is 11.3 Å². The van der Waals surface area contributed by atoms with Gasteiger partial charge >= 0.3 is 0 Å². The Labute approximate surface area is 130 Å². The normalized spacial score (nSPS) is 14.1. The summed E-state index contributed by atoms with van der Waals surface area (Å²) in [5.41, 5.74) is 2.52. The smallest absolute Gasteiger partial charge is 0.223 e. The van der Waals surface area contributed by atoms with Gasteiger partial charge in [-0.3, -0.25) is 4.79 Å². The van der Waals surface area contributed by atoms with Gasteiger partial charge in [0, 0.05) is 17.3 Å². The highest BCUT2D eigenvalue weighted by atomic mass is 32.1. The number of nitrogens with zero attached hydrogens (tertiary/aromatic N) is 1. The highest BCUT2D eigenvalue weighted by Gasteiger charge is 2.32. The lowest BCUT2D eigenvalue weighted by Gasteiger charge is -2.22. The minimum Gasteiger partial charge on any atom is -0.335 e. The Morgan fingerprint density at radius 2 is 2.14 bits per heavy atom. The first-order valence-electron chi connectivity index (χ1n) is 7.60. The molecule has 1 aliphatic rings. The van der Waals surface area contributed by atoms with Gasteiger partial charge in [-0.2, -0.15) is 0 Å². The van der Waals surface area contributed by atoms with Gasteiger partial charge < -0.3 is 4.90 Å². The van der Waals surface area contributed by atoms with Gasteiger partial charge in [0.15, 0.2) is 0 Å². The van der Waals surface area contributed by atoms with Crippen molar-refractivity contribution in [2.45, 2.75) is 45.2 Å². The Balaban J connectivity index is 1.59. The number of hydrogen-bond acceptors (Lipinski definition) is 2. The van der Waals surface area contributed by atoms with E-state index in [0.717, 1.165) is 13.0 Å². The second-order valence-electron chi connectivity index (χ2n) is 5.82. The summed E-state index contributed by atoms with van der Waals surface area (Å²) in [6.45, 7) is 2.88. The van der Waals surface area contributed by atoms with E-state index in [2.05, 4.69) is 53.6 Å². The van der Waals surface area contributed by atoms with Gasteiger partial charge in [-0.15, -0.1) is 11.3 Å². The molecule has 3 heteroatoms. The Morgan fingerprint density at radius 3 is 2.81 bits per heavy atom. The molecule has 1 amide bonds. The summed E-state index contributed by atoms with van der Waals surface area (Å²) in [7, 11) is 0. The van der Waals surface area contributed by atoms with Crippen molar-refractivity contribution in [3.8, 4) is 0 Å². The number of amides is 1. The zero-order valence-corrected chi connectivity index (χ0v) is 13.2. The van der Waals surface area contributed by atoms with Crippen molar-refractivity contribution in [2.75, 3.05) is 0 Å². The van der Waals surface area contributed by atoms with Crippen LogP contribution in [0, 0.1) is 6.92 Å². The van der Waals surface area contributed by atoms with E-state index in [9.17, 15) is 4.79 Å². The predicted molar refractivity (Wildman–Crippen MR) is 87.4 cm³/mol. The number of hydrogen-bond donors (Lipinski definition) is 0. The van der Waals surface area contributed by atoms with E-state index in [1.54, 1.807) is 11.3 Å². The average molecular weight is 299 g/mol. The second-order valence-corrected chi connectivity index (χ2v) is 6.85. The lowest BCUT2D eigenvalue weighted by atomic mass is 10.1. The quantitative estimate of drug-likeness (QED) is 0.783. The summed E-state index contributed by atoms with van der Waals surface area (Å²) in [6.07, 6.45) is 3.79. The van der Waals surface area contributed by atoms with Gasteiger partial charge in [0.25, 0.3) is 0 Å². The van der Waals surface area contributed by atoms with Gasteiger partial charge in [0.05, 0.1) is 6.54 Å². The molecular weight excluding hydrogens is 278 g/mol. The van der Waals surface area contributed by atoms with E-state index in [1.807, 2.05) is 0 Å². The fraction of sp³-hybridized carbons (Fsp3) is 0.389. The van der Waals surface area contributed by atoms with E-state index in [1.165, 1.54) is 28.8 Å². The van der Waals surface area contributed by atoms with Crippen molar-refractivity contribution in [3.63, 3.8) is 0 Å². The first kappa shape index (κ1) is 14.3. The molecular formula is C18H21NOS. The number of aryl methyl sites for hydroxylation is 2. The molecule has 0 N–H and O–H groups in total. The topological polar surface area (TPSA) is 20.3 Å². The van der Waals surface area contributed by atoms with E-state index < -0.39 is 0 Å². The first-order chi connectivity index (χ1) is 10.2. The Morgan fingerprint density at radius 1 is 1.29 bits per heavy atom. The number of carbonyl (C=O) groups is 1. The Kier molecular flexibility index (Phi) is 4.39. The molecule has 0 bridgehead atoms. The summed E-state index contributed by atoms with van der Waals surface area (Å²) in [5, 5.41) is 2.08. The Hall–Kier alpha value is -1.61. The molecule has 3 rings (SSSR count). The van der Waals surface area contributed by atoms with Crippen LogP contribution in [-0.2, 0) is 17.8 Å². The zero-order chi connectivity index (χ0) is 14.7. The van der Waals surface area contributed by atoms with Crippen molar-refractivity contribution >= 4 is 17.2 Å². The van der Waals surface area contributed by atoms with Crippen LogP contribution in [-0.4, -0.2) is 16.8 Å². The third kappa shape index (κ3) is 3.94. The van der Waals surface area contributed by atoms with Crippen LogP contribution in [0.4, 0.5) is 0 Å². The summed E-state index contributed by atoms with van der Waals surface area (Å²) in [6, 6.07) is 13.1. The van der Waals surface area contributed by atoms with Gasteiger partial charge in [-0.1, -0.05) is 35.9 Å². The monoisotopic (exact) mass is 299 g/mol. The third-order valence-electron chi connectivity index (χ3n) is 3.92. The standard InChI is InChI=1S/C18H21NOS/c1-14-4-2-5-15(12-14)7-10-18(20)19(16-8-9-16)13-17-6-3-11-21-17/h2-6,11-12,16H,7-10,13H2,1H3. The SMILES string of the molecule is Cc1cccc(CCC(=O)N(Cc2cccs2)C2CC2)c1. The van der Waals surface area contributed by atoms with Gasteiger partial charge in [-0.05, 0) is 43.2 Å². The molecule has 1 saturated carbocycles. The zero-order valence-electron chi connectivity index (χ0n) is 12.4. The number of thiophene rings is 1. The molecule has 1 aromatic carbocycles. The van der Waals surface area contributed by atoms with Crippen molar-refractivity contribution in [1.29, 1.82) is 0 Å². The van der Waals surface area contributed by atoms with Crippen LogP contribution < -0.4 is 0 Å². The van der Waals surface area contributed by atoms with Crippen molar-refractivity contribution in [2.24, 2.45) is 0 Å². The highest BCUT2D eigenvalue weighted by molar-refractivity contribution is 7.09. The van der Waals surface area contributed by atoms with E-state index in [4.69, 9.17) is 0 Å². The van der Waals surface area contributed by atoms with Gasteiger partial charge in [-0.25, -0.2) is 0 Å². The van der Waals surface area contributed by atoms with Crippen molar-refractivity contribution in [3.05, 3.63) is 57.8 Å². The van der Waals surface area contributed by atoms with Crippen LogP contribution in [0.3, 0.4) is 0 Å². The Bertz CT molecular complexity index is 601. The molecule has 0 saturated heterocycles. The van der Waals surface area contributed by atoms with Crippen LogP contribution in [0.25, 0.3) is 0 Å². The molecule has 0 radical (unpaired) electrons. The fourth-order valence-corrected chi connectivity index (χ4v) is 3.34. The van der Waals surface area contributed by atoms with Crippen LogP contribution in [0.5, 0.6) is 0 Å². The first-order valence-corrected chi connectivity index (χ1v) is 8.48. The predicted octanol–water partition coefficient (Wildman–Crippen LogP) is 4.18. The van der Waals surface area contributed by atoms with Gasteiger partial charge in [0.2, 0.25) is 5.91 Å². The molecule has 1 heterocycles. The maximum absolute atomic E-state index is 12.5. The van der Waals surface area contributed by atoms with Crippen LogP contribution in [0.1, 0.15) is 35.3 Å². The summed E-state index contributed by atoms with van der Waals surface area (Å²) < 4.78 is 0. The van der Waals surface area contributed by atoms with Crippen LogP contribution in [0.2, 0.25) is 0 Å². The molecule has 110 valence electrons. The minimum atomic E-state index is 0.299. The van der Waals surface area contributed by atoms with Gasteiger partial charge in [0.1, 0.15) is 0 Å². The molecule has 1 fully saturated rings. The molecule has 0 atom stereocenters. The summed E-state index contributed by atoms with van der Waals surface area (Å²) >= 11 is 1.74. The lowest BCUT2D eigenvalue weighted by molar-refractivity contribution is -0.132. The summed E-state index contributed by atoms with van der Waals surface area (Å²) in [4.78, 5) is 15.9. The lowest BCUT2D eigenvalue weighted by Crippen LogP contribution is -2.32. The number of carbonyl (C=O) groups excluding carboxylic acids is 1. The maximum atomic E-state index is 12.5. The fourth-order valence-electron chi connectivity index (χ4n) is 2.64. The third-order valence-corrected chi connectivity index (χ3v) is 4.79. The second kappa shape index (κ2) is 6.44. The van der Waals surface area contributed by atoms with Crippen molar-refractivity contribution in [1.82, 2.24) is 4.90 Å². The number of rotatable bonds is 6. The molecule has 1 aliphatic carbocycles. The van der Waals surface area contributed by atoms with E-state index in [0.29, 0.717) is 18.4 Å². The minimum absolute atomic E-state index is 0.299.